The van der Waals surface area contributed by atoms with E-state index < -0.39 is 0 Å². The van der Waals surface area contributed by atoms with Gasteiger partial charge in [0.2, 0.25) is 0 Å². The number of ether oxygens (including phenoxy) is 1. The van der Waals surface area contributed by atoms with E-state index in [9.17, 15) is 10.1 Å². The SMILES string of the molecule is COc1ccc2c(=O)n(CCN3CCc4ccccc4C3)c(C#N)c(-c3ccccc3)c2c1. The van der Waals surface area contributed by atoms with E-state index in [1.54, 1.807) is 23.8 Å². The highest BCUT2D eigenvalue weighted by Gasteiger charge is 2.20. The van der Waals surface area contributed by atoms with Crippen molar-refractivity contribution in [2.45, 2.75) is 19.5 Å². The van der Waals surface area contributed by atoms with E-state index in [2.05, 4.69) is 35.2 Å². The first-order chi connectivity index (χ1) is 16.2. The molecule has 0 saturated carbocycles. The molecule has 0 N–H and O–H groups in total. The number of nitriles is 1. The van der Waals surface area contributed by atoms with Crippen molar-refractivity contribution in [3.8, 4) is 22.9 Å². The van der Waals surface area contributed by atoms with Crippen LogP contribution in [0.2, 0.25) is 0 Å². The summed E-state index contributed by atoms with van der Waals surface area (Å²) in [4.78, 5) is 15.9. The summed E-state index contributed by atoms with van der Waals surface area (Å²) in [7, 11) is 1.60. The van der Waals surface area contributed by atoms with Crippen LogP contribution in [0, 0.1) is 11.3 Å². The third kappa shape index (κ3) is 3.90. The van der Waals surface area contributed by atoms with Crippen molar-refractivity contribution in [2.75, 3.05) is 20.2 Å². The maximum Gasteiger partial charge on any atom is 0.259 e. The summed E-state index contributed by atoms with van der Waals surface area (Å²) < 4.78 is 7.06. The Hall–Kier alpha value is -3.88. The maximum atomic E-state index is 13.5. The van der Waals surface area contributed by atoms with Gasteiger partial charge in [-0.1, -0.05) is 54.6 Å². The van der Waals surface area contributed by atoms with E-state index >= 15 is 0 Å². The molecular formula is C28H25N3O2. The Kier molecular flexibility index (Phi) is 5.68. The fourth-order valence-electron chi connectivity index (χ4n) is 4.77. The van der Waals surface area contributed by atoms with Crippen LogP contribution in [0.5, 0.6) is 5.75 Å². The quantitative estimate of drug-likeness (QED) is 0.459. The molecule has 0 fully saturated rings. The van der Waals surface area contributed by atoms with Gasteiger partial charge in [0.25, 0.3) is 5.56 Å². The number of benzene rings is 3. The standard InChI is InChI=1S/C28H25N3O2/c1-33-23-11-12-24-25(17-23)27(21-8-3-2-4-9-21)26(18-29)31(28(24)32)16-15-30-14-13-20-7-5-6-10-22(20)19-30/h2-12,17H,13-16,19H2,1H3. The molecule has 0 radical (unpaired) electrons. The normalized spacial score (nSPS) is 13.5. The molecule has 0 aliphatic carbocycles. The zero-order chi connectivity index (χ0) is 22.8. The molecule has 2 heterocycles. The summed E-state index contributed by atoms with van der Waals surface area (Å²) in [6.07, 6.45) is 1.00. The molecule has 0 spiro atoms. The van der Waals surface area contributed by atoms with E-state index in [1.165, 1.54) is 11.1 Å². The lowest BCUT2D eigenvalue weighted by Crippen LogP contribution is -2.35. The minimum Gasteiger partial charge on any atom is -0.497 e. The molecule has 0 bridgehead atoms. The summed E-state index contributed by atoms with van der Waals surface area (Å²) in [6, 6.07) is 26.1. The fraction of sp³-hybridized carbons (Fsp3) is 0.214. The molecule has 0 unspecified atom stereocenters. The predicted octanol–water partition coefficient (Wildman–Crippen LogP) is 4.61. The molecule has 5 heteroatoms. The van der Waals surface area contributed by atoms with Crippen molar-refractivity contribution >= 4 is 10.8 Å². The largest absolute Gasteiger partial charge is 0.497 e. The highest BCUT2D eigenvalue weighted by molar-refractivity contribution is 5.99. The summed E-state index contributed by atoms with van der Waals surface area (Å²) in [5.74, 6) is 0.660. The number of aromatic nitrogens is 1. The lowest BCUT2D eigenvalue weighted by molar-refractivity contribution is 0.243. The average molecular weight is 436 g/mol. The molecule has 0 atom stereocenters. The molecule has 1 aliphatic rings. The first kappa shape index (κ1) is 21.0. The lowest BCUT2D eigenvalue weighted by atomic mass is 9.96. The van der Waals surface area contributed by atoms with Gasteiger partial charge in [0.05, 0.1) is 7.11 Å². The zero-order valence-electron chi connectivity index (χ0n) is 18.6. The molecule has 3 aromatic carbocycles. The smallest absolute Gasteiger partial charge is 0.259 e. The van der Waals surface area contributed by atoms with Crippen LogP contribution in [-0.2, 0) is 19.5 Å². The van der Waals surface area contributed by atoms with Gasteiger partial charge in [-0.05, 0) is 41.3 Å². The van der Waals surface area contributed by atoms with Gasteiger partial charge >= 0.3 is 0 Å². The van der Waals surface area contributed by atoms with Crippen LogP contribution in [0.4, 0.5) is 0 Å². The van der Waals surface area contributed by atoms with Gasteiger partial charge < -0.3 is 4.74 Å². The second-order valence-electron chi connectivity index (χ2n) is 8.36. The third-order valence-corrected chi connectivity index (χ3v) is 6.50. The Morgan fingerprint density at radius 3 is 2.45 bits per heavy atom. The van der Waals surface area contributed by atoms with Gasteiger partial charge in [0.15, 0.2) is 0 Å². The van der Waals surface area contributed by atoms with Crippen LogP contribution < -0.4 is 10.3 Å². The van der Waals surface area contributed by atoms with Crippen molar-refractivity contribution in [1.82, 2.24) is 9.47 Å². The van der Waals surface area contributed by atoms with Crippen molar-refractivity contribution in [3.63, 3.8) is 0 Å². The number of fused-ring (bicyclic) bond motifs is 2. The molecule has 0 saturated heterocycles. The molecule has 33 heavy (non-hydrogen) atoms. The molecule has 0 amide bonds. The Labute approximate surface area is 193 Å². The van der Waals surface area contributed by atoms with Crippen LogP contribution in [0.25, 0.3) is 21.9 Å². The fourth-order valence-corrected chi connectivity index (χ4v) is 4.77. The number of rotatable bonds is 5. The number of nitrogens with zero attached hydrogens (tertiary/aromatic N) is 3. The number of pyridine rings is 1. The first-order valence-electron chi connectivity index (χ1n) is 11.2. The molecule has 164 valence electrons. The van der Waals surface area contributed by atoms with Crippen LogP contribution in [0.15, 0.2) is 77.6 Å². The summed E-state index contributed by atoms with van der Waals surface area (Å²) in [5, 5.41) is 11.5. The van der Waals surface area contributed by atoms with E-state index in [0.717, 1.165) is 36.0 Å². The van der Waals surface area contributed by atoms with Crippen LogP contribution in [0.1, 0.15) is 16.8 Å². The van der Waals surface area contributed by atoms with Crippen LogP contribution in [0.3, 0.4) is 0 Å². The van der Waals surface area contributed by atoms with Crippen molar-refractivity contribution in [1.29, 1.82) is 5.26 Å². The van der Waals surface area contributed by atoms with Gasteiger partial charge in [0.1, 0.15) is 17.5 Å². The number of hydrogen-bond donors (Lipinski definition) is 0. The second kappa shape index (κ2) is 8.93. The molecule has 4 aromatic rings. The topological polar surface area (TPSA) is 58.3 Å². The molecular weight excluding hydrogens is 410 g/mol. The van der Waals surface area contributed by atoms with E-state index in [-0.39, 0.29) is 5.56 Å². The van der Waals surface area contributed by atoms with E-state index in [4.69, 9.17) is 4.74 Å². The monoisotopic (exact) mass is 435 g/mol. The van der Waals surface area contributed by atoms with Crippen molar-refractivity contribution < 1.29 is 4.74 Å². The van der Waals surface area contributed by atoms with Gasteiger partial charge in [-0.3, -0.25) is 14.3 Å². The third-order valence-electron chi connectivity index (χ3n) is 6.50. The van der Waals surface area contributed by atoms with Gasteiger partial charge in [-0.25, -0.2) is 0 Å². The molecule has 5 nitrogen and oxygen atoms in total. The van der Waals surface area contributed by atoms with Gasteiger partial charge in [-0.15, -0.1) is 0 Å². The lowest BCUT2D eigenvalue weighted by Gasteiger charge is -2.29. The second-order valence-corrected chi connectivity index (χ2v) is 8.36. The minimum absolute atomic E-state index is 0.138. The van der Waals surface area contributed by atoms with Crippen LogP contribution >= 0.6 is 0 Å². The number of methoxy groups -OCH3 is 1. The van der Waals surface area contributed by atoms with Crippen molar-refractivity contribution in [2.24, 2.45) is 0 Å². The highest BCUT2D eigenvalue weighted by Crippen LogP contribution is 2.32. The Morgan fingerprint density at radius 1 is 0.939 bits per heavy atom. The summed E-state index contributed by atoms with van der Waals surface area (Å²) >= 11 is 0. The zero-order valence-corrected chi connectivity index (χ0v) is 18.6. The number of hydrogen-bond acceptors (Lipinski definition) is 4. The first-order valence-corrected chi connectivity index (χ1v) is 11.2. The van der Waals surface area contributed by atoms with E-state index in [1.807, 2.05) is 36.4 Å². The molecule has 1 aliphatic heterocycles. The Bertz CT molecular complexity index is 1420. The maximum absolute atomic E-state index is 13.5. The highest BCUT2D eigenvalue weighted by atomic mass is 16.5. The summed E-state index contributed by atoms with van der Waals surface area (Å²) in [6.45, 7) is 2.98. The van der Waals surface area contributed by atoms with E-state index in [0.29, 0.717) is 29.9 Å². The average Bonchev–Trinajstić information content (AvgIpc) is 2.88. The van der Waals surface area contributed by atoms with Crippen LogP contribution in [-0.4, -0.2) is 29.7 Å². The minimum atomic E-state index is -0.138. The Balaban J connectivity index is 1.59. The predicted molar refractivity (Wildman–Crippen MR) is 130 cm³/mol. The van der Waals surface area contributed by atoms with Gasteiger partial charge in [-0.2, -0.15) is 5.26 Å². The molecule has 1 aromatic heterocycles. The van der Waals surface area contributed by atoms with Gasteiger partial charge in [0, 0.05) is 42.5 Å². The Morgan fingerprint density at radius 2 is 1.70 bits per heavy atom. The van der Waals surface area contributed by atoms with Crippen molar-refractivity contribution in [3.05, 3.63) is 100.0 Å². The molecule has 5 rings (SSSR count). The summed E-state index contributed by atoms with van der Waals surface area (Å²) in [5.41, 5.74) is 4.68.